The molecule has 0 unspecified atom stereocenters. The SMILES string of the molecule is C#CC[C@](C)(C[N+](C)(C)C)[C@H](NC(=O)OCC1c2ccccc2-c2ccccc21)C(=O)O. The lowest BCUT2D eigenvalue weighted by Gasteiger charge is -2.39. The summed E-state index contributed by atoms with van der Waals surface area (Å²) in [6.45, 7) is 2.38. The number of ether oxygens (including phenoxy) is 1. The molecular formula is C26H31N2O4+. The first-order chi connectivity index (χ1) is 15.1. The summed E-state index contributed by atoms with van der Waals surface area (Å²) >= 11 is 0. The van der Waals surface area contributed by atoms with E-state index in [1.165, 1.54) is 0 Å². The van der Waals surface area contributed by atoms with Gasteiger partial charge in [-0.2, -0.15) is 0 Å². The number of rotatable bonds is 8. The lowest BCUT2D eigenvalue weighted by Crippen LogP contribution is -2.58. The van der Waals surface area contributed by atoms with E-state index in [-0.39, 0.29) is 18.9 Å². The number of carbonyl (C=O) groups is 2. The van der Waals surface area contributed by atoms with Gasteiger partial charge in [0.1, 0.15) is 12.6 Å². The largest absolute Gasteiger partial charge is 0.480 e. The highest BCUT2D eigenvalue weighted by Crippen LogP contribution is 2.44. The van der Waals surface area contributed by atoms with Crippen LogP contribution in [-0.2, 0) is 9.53 Å². The van der Waals surface area contributed by atoms with Crippen LogP contribution in [0.1, 0.15) is 30.4 Å². The normalized spacial score (nSPS) is 15.6. The second kappa shape index (κ2) is 9.05. The van der Waals surface area contributed by atoms with Crippen molar-refractivity contribution in [3.63, 3.8) is 0 Å². The second-order valence-corrected chi connectivity index (χ2v) is 9.72. The number of aliphatic carboxylic acids is 1. The Kier molecular flexibility index (Phi) is 6.61. The Morgan fingerprint density at radius 1 is 1.12 bits per heavy atom. The Bertz CT molecular complexity index is 1000. The molecule has 2 aromatic rings. The molecular weight excluding hydrogens is 404 g/mol. The summed E-state index contributed by atoms with van der Waals surface area (Å²) in [4.78, 5) is 24.8. The zero-order valence-electron chi connectivity index (χ0n) is 19.1. The molecule has 6 nitrogen and oxygen atoms in total. The van der Waals surface area contributed by atoms with Crippen molar-refractivity contribution in [1.29, 1.82) is 0 Å². The summed E-state index contributed by atoms with van der Waals surface area (Å²) in [6, 6.07) is 14.9. The third kappa shape index (κ3) is 4.95. The predicted molar refractivity (Wildman–Crippen MR) is 124 cm³/mol. The lowest BCUT2D eigenvalue weighted by atomic mass is 9.78. The third-order valence-electron chi connectivity index (χ3n) is 5.89. The number of quaternary nitrogens is 1. The van der Waals surface area contributed by atoms with Crippen LogP contribution in [0.25, 0.3) is 11.1 Å². The molecule has 0 spiro atoms. The smallest absolute Gasteiger partial charge is 0.407 e. The van der Waals surface area contributed by atoms with Crippen molar-refractivity contribution in [2.45, 2.75) is 25.3 Å². The van der Waals surface area contributed by atoms with Crippen molar-refractivity contribution in [3.05, 3.63) is 59.7 Å². The van der Waals surface area contributed by atoms with Crippen LogP contribution in [0.2, 0.25) is 0 Å². The molecule has 2 atom stereocenters. The van der Waals surface area contributed by atoms with Crippen LogP contribution in [0, 0.1) is 17.8 Å². The van der Waals surface area contributed by atoms with Gasteiger partial charge in [-0.05, 0) is 22.3 Å². The van der Waals surface area contributed by atoms with Crippen molar-refractivity contribution in [2.75, 3.05) is 34.3 Å². The van der Waals surface area contributed by atoms with Gasteiger partial charge in [-0.25, -0.2) is 9.59 Å². The maximum Gasteiger partial charge on any atom is 0.407 e. The first kappa shape index (κ1) is 23.4. The summed E-state index contributed by atoms with van der Waals surface area (Å²) in [5, 5.41) is 12.4. The van der Waals surface area contributed by atoms with Crippen LogP contribution in [-0.4, -0.2) is 62.0 Å². The van der Waals surface area contributed by atoms with E-state index < -0.39 is 23.5 Å². The number of carbonyl (C=O) groups excluding carboxylic acids is 1. The summed E-state index contributed by atoms with van der Waals surface area (Å²) in [5.41, 5.74) is 3.61. The number of amides is 1. The number of carboxylic acids is 1. The topological polar surface area (TPSA) is 75.6 Å². The van der Waals surface area contributed by atoms with Gasteiger partial charge in [0.05, 0.1) is 33.1 Å². The standard InChI is InChI=1S/C26H30N2O4/c1-6-15-26(2,17-28(3,4)5)23(24(29)30)27-25(31)32-16-22-20-13-9-7-11-18(20)19-12-8-10-14-21(19)22/h1,7-14,22-23H,15-17H2,2-5H3,(H-,27,29,30,31)/p+1/t23-,26-/m1/s1. The molecule has 0 saturated carbocycles. The highest BCUT2D eigenvalue weighted by Gasteiger charge is 2.44. The van der Waals surface area contributed by atoms with Gasteiger partial charge in [-0.15, -0.1) is 12.3 Å². The van der Waals surface area contributed by atoms with Crippen LogP contribution in [0.3, 0.4) is 0 Å². The molecule has 0 radical (unpaired) electrons. The van der Waals surface area contributed by atoms with Crippen molar-refractivity contribution in [3.8, 4) is 23.5 Å². The Labute approximate surface area is 189 Å². The number of nitrogens with one attached hydrogen (secondary N) is 1. The minimum Gasteiger partial charge on any atom is -0.480 e. The number of hydrogen-bond donors (Lipinski definition) is 2. The van der Waals surface area contributed by atoms with Gasteiger partial charge in [0, 0.05) is 12.3 Å². The summed E-state index contributed by atoms with van der Waals surface area (Å²) in [5.74, 6) is 1.34. The molecule has 2 N–H and O–H groups in total. The van der Waals surface area contributed by atoms with Crippen LogP contribution in [0.4, 0.5) is 4.79 Å². The number of benzene rings is 2. The number of alkyl carbamates (subject to hydrolysis) is 1. The third-order valence-corrected chi connectivity index (χ3v) is 5.89. The minimum atomic E-state index is -1.17. The summed E-state index contributed by atoms with van der Waals surface area (Å²) < 4.78 is 6.06. The van der Waals surface area contributed by atoms with Gasteiger partial charge in [-0.3, -0.25) is 0 Å². The van der Waals surface area contributed by atoms with Gasteiger partial charge < -0.3 is 19.6 Å². The van der Waals surface area contributed by atoms with Crippen LogP contribution < -0.4 is 5.32 Å². The maximum atomic E-state index is 12.7. The maximum absolute atomic E-state index is 12.7. The van der Waals surface area contributed by atoms with Gasteiger partial charge >= 0.3 is 12.1 Å². The lowest BCUT2D eigenvalue weighted by molar-refractivity contribution is -0.877. The molecule has 168 valence electrons. The van der Waals surface area contributed by atoms with Crippen LogP contribution in [0.5, 0.6) is 0 Å². The fraction of sp³-hybridized carbons (Fsp3) is 0.385. The number of nitrogens with zero attached hydrogens (tertiary/aromatic N) is 1. The molecule has 0 aliphatic heterocycles. The van der Waals surface area contributed by atoms with Gasteiger partial charge in [0.25, 0.3) is 0 Å². The summed E-state index contributed by atoms with van der Waals surface area (Å²) in [6.07, 6.45) is 4.99. The molecule has 32 heavy (non-hydrogen) atoms. The van der Waals surface area contributed by atoms with E-state index in [0.29, 0.717) is 11.0 Å². The quantitative estimate of drug-likeness (QED) is 0.490. The van der Waals surface area contributed by atoms with E-state index in [9.17, 15) is 14.7 Å². The zero-order valence-corrected chi connectivity index (χ0v) is 19.1. The van der Waals surface area contributed by atoms with Gasteiger partial charge in [0.15, 0.2) is 0 Å². The van der Waals surface area contributed by atoms with E-state index in [2.05, 4.69) is 23.4 Å². The van der Waals surface area contributed by atoms with E-state index in [0.717, 1.165) is 22.3 Å². The average molecular weight is 436 g/mol. The van der Waals surface area contributed by atoms with Crippen LogP contribution in [0.15, 0.2) is 48.5 Å². The molecule has 0 bridgehead atoms. The molecule has 1 aliphatic rings. The first-order valence-corrected chi connectivity index (χ1v) is 10.6. The number of fused-ring (bicyclic) bond motifs is 3. The Morgan fingerprint density at radius 2 is 1.66 bits per heavy atom. The Morgan fingerprint density at radius 3 is 2.12 bits per heavy atom. The van der Waals surface area contributed by atoms with Crippen molar-refractivity contribution < 1.29 is 23.9 Å². The van der Waals surface area contributed by atoms with E-state index in [1.807, 2.05) is 57.5 Å². The molecule has 2 aromatic carbocycles. The Balaban J connectivity index is 1.76. The van der Waals surface area contributed by atoms with Gasteiger partial charge in [0.2, 0.25) is 0 Å². The molecule has 0 aromatic heterocycles. The zero-order chi connectivity index (χ0) is 23.5. The summed E-state index contributed by atoms with van der Waals surface area (Å²) in [7, 11) is 5.88. The molecule has 0 heterocycles. The average Bonchev–Trinajstić information content (AvgIpc) is 3.03. The first-order valence-electron chi connectivity index (χ1n) is 10.6. The highest BCUT2D eigenvalue weighted by atomic mass is 16.5. The fourth-order valence-corrected chi connectivity index (χ4v) is 4.86. The van der Waals surface area contributed by atoms with E-state index >= 15 is 0 Å². The van der Waals surface area contributed by atoms with E-state index in [4.69, 9.17) is 11.2 Å². The minimum absolute atomic E-state index is 0.0974. The predicted octanol–water partition coefficient (Wildman–Crippen LogP) is 3.71. The highest BCUT2D eigenvalue weighted by molar-refractivity contribution is 5.81. The van der Waals surface area contributed by atoms with E-state index in [1.54, 1.807) is 6.92 Å². The molecule has 1 amide bonds. The molecule has 0 fully saturated rings. The fourth-order valence-electron chi connectivity index (χ4n) is 4.86. The number of terminal acetylenes is 1. The van der Waals surface area contributed by atoms with Crippen molar-refractivity contribution >= 4 is 12.1 Å². The monoisotopic (exact) mass is 435 g/mol. The molecule has 1 aliphatic carbocycles. The number of hydrogen-bond acceptors (Lipinski definition) is 3. The number of carboxylic acid groups (broad SMARTS) is 1. The van der Waals surface area contributed by atoms with Crippen molar-refractivity contribution in [1.82, 2.24) is 5.32 Å². The van der Waals surface area contributed by atoms with Crippen molar-refractivity contribution in [2.24, 2.45) is 5.41 Å². The van der Waals surface area contributed by atoms with Gasteiger partial charge in [-0.1, -0.05) is 55.5 Å². The molecule has 3 rings (SSSR count). The van der Waals surface area contributed by atoms with Crippen LogP contribution >= 0.6 is 0 Å². The molecule has 6 heteroatoms. The molecule has 0 saturated heterocycles. The second-order valence-electron chi connectivity index (χ2n) is 9.72. The Hall–Kier alpha value is -3.30.